The van der Waals surface area contributed by atoms with Gasteiger partial charge in [-0.2, -0.15) is 0 Å². The van der Waals surface area contributed by atoms with Crippen molar-refractivity contribution >= 4 is 46.2 Å². The number of benzene rings is 2. The maximum Gasteiger partial charge on any atom is 0.270 e. The van der Waals surface area contributed by atoms with Gasteiger partial charge in [-0.05, 0) is 35.7 Å². The number of anilines is 1. The van der Waals surface area contributed by atoms with E-state index in [-0.39, 0.29) is 39.9 Å². The number of carbonyl (C=O) groups is 2. The fourth-order valence-electron chi connectivity index (χ4n) is 2.43. The van der Waals surface area contributed by atoms with E-state index in [0.717, 1.165) is 17.0 Å². The molecule has 0 atom stereocenters. The Morgan fingerprint density at radius 1 is 1.14 bits per heavy atom. The van der Waals surface area contributed by atoms with Crippen LogP contribution in [0.3, 0.4) is 0 Å². The standard InChI is InChI=1S/C19H13ClN2O6S/c20-16-5-3-11(22(26)27)8-14(16)18(23)21-17-6-4-12(9-15(17)19(24)25)28-10-13-2-1-7-29-13/h1-9H,10H2,(H,21,23)(H,24,25)/p-1. The first-order valence-electron chi connectivity index (χ1n) is 8.11. The number of non-ortho nitro benzene ring substituents is 1. The molecule has 1 aromatic heterocycles. The molecular weight excluding hydrogens is 420 g/mol. The van der Waals surface area contributed by atoms with Crippen molar-refractivity contribution in [2.75, 3.05) is 5.32 Å². The molecule has 10 heteroatoms. The molecule has 29 heavy (non-hydrogen) atoms. The minimum atomic E-state index is -1.52. The average Bonchev–Trinajstić information content (AvgIpc) is 3.20. The highest BCUT2D eigenvalue weighted by Gasteiger charge is 2.17. The van der Waals surface area contributed by atoms with Crippen LogP contribution in [0.15, 0.2) is 53.9 Å². The number of nitrogens with one attached hydrogen (secondary N) is 1. The predicted molar refractivity (Wildman–Crippen MR) is 105 cm³/mol. The molecule has 1 heterocycles. The van der Waals surface area contributed by atoms with E-state index >= 15 is 0 Å². The van der Waals surface area contributed by atoms with Crippen molar-refractivity contribution in [3.05, 3.63) is 85.1 Å². The number of rotatable bonds is 7. The third-order valence-corrected chi connectivity index (χ3v) is 5.01. The van der Waals surface area contributed by atoms with Gasteiger partial charge in [0, 0.05) is 22.6 Å². The van der Waals surface area contributed by atoms with Crippen LogP contribution in [-0.4, -0.2) is 16.8 Å². The Kier molecular flexibility index (Phi) is 6.10. The van der Waals surface area contributed by atoms with E-state index in [2.05, 4.69) is 5.32 Å². The summed E-state index contributed by atoms with van der Waals surface area (Å²) >= 11 is 7.44. The van der Waals surface area contributed by atoms with Gasteiger partial charge in [0.1, 0.15) is 12.4 Å². The van der Waals surface area contributed by atoms with Crippen LogP contribution < -0.4 is 15.2 Å². The molecule has 148 valence electrons. The second kappa shape index (κ2) is 8.72. The molecule has 0 unspecified atom stereocenters. The summed E-state index contributed by atoms with van der Waals surface area (Å²) in [4.78, 5) is 35.2. The Morgan fingerprint density at radius 2 is 1.93 bits per heavy atom. The normalized spacial score (nSPS) is 10.4. The number of nitro groups is 1. The first kappa shape index (κ1) is 20.3. The van der Waals surface area contributed by atoms with Crippen LogP contribution in [0, 0.1) is 10.1 Å². The summed E-state index contributed by atoms with van der Waals surface area (Å²) in [5, 5.41) is 26.7. The van der Waals surface area contributed by atoms with Gasteiger partial charge in [-0.15, -0.1) is 11.3 Å². The molecule has 3 rings (SSSR count). The second-order valence-corrected chi connectivity index (χ2v) is 7.18. The van der Waals surface area contributed by atoms with Gasteiger partial charge >= 0.3 is 0 Å². The van der Waals surface area contributed by atoms with Crippen molar-refractivity contribution in [1.82, 2.24) is 0 Å². The number of aromatic carboxylic acids is 1. The van der Waals surface area contributed by atoms with Crippen LogP contribution >= 0.6 is 22.9 Å². The van der Waals surface area contributed by atoms with Crippen LogP contribution in [-0.2, 0) is 6.61 Å². The smallest absolute Gasteiger partial charge is 0.270 e. The zero-order chi connectivity index (χ0) is 21.0. The summed E-state index contributed by atoms with van der Waals surface area (Å²) in [5.41, 5.74) is -0.843. The second-order valence-electron chi connectivity index (χ2n) is 5.74. The largest absolute Gasteiger partial charge is 0.545 e. The Morgan fingerprint density at radius 3 is 2.59 bits per heavy atom. The van der Waals surface area contributed by atoms with Gasteiger partial charge in [0.05, 0.1) is 27.2 Å². The molecule has 0 aliphatic rings. The number of thiophene rings is 1. The lowest BCUT2D eigenvalue weighted by molar-refractivity contribution is -0.384. The topological polar surface area (TPSA) is 122 Å². The van der Waals surface area contributed by atoms with Crippen molar-refractivity contribution in [2.24, 2.45) is 0 Å². The van der Waals surface area contributed by atoms with E-state index in [4.69, 9.17) is 16.3 Å². The molecule has 2 aromatic carbocycles. The maximum atomic E-state index is 12.5. The summed E-state index contributed by atoms with van der Waals surface area (Å²) < 4.78 is 5.56. The van der Waals surface area contributed by atoms with E-state index in [1.165, 1.54) is 35.6 Å². The van der Waals surface area contributed by atoms with Crippen LogP contribution in [0.25, 0.3) is 0 Å². The maximum absolute atomic E-state index is 12.5. The van der Waals surface area contributed by atoms with Crippen LogP contribution in [0.2, 0.25) is 5.02 Å². The minimum Gasteiger partial charge on any atom is -0.545 e. The Balaban J connectivity index is 1.83. The van der Waals surface area contributed by atoms with E-state index in [1.54, 1.807) is 0 Å². The van der Waals surface area contributed by atoms with E-state index in [1.807, 2.05) is 17.5 Å². The molecular formula is C19H12ClN2O6S-. The van der Waals surface area contributed by atoms with E-state index in [9.17, 15) is 24.8 Å². The molecule has 1 N–H and O–H groups in total. The zero-order valence-corrected chi connectivity index (χ0v) is 16.2. The molecule has 0 saturated carbocycles. The van der Waals surface area contributed by atoms with Gasteiger partial charge in [0.15, 0.2) is 0 Å². The number of nitro benzene ring substituents is 1. The molecule has 1 amide bonds. The molecule has 8 nitrogen and oxygen atoms in total. The SMILES string of the molecule is O=C(Nc1ccc(OCc2cccs2)cc1C(=O)[O-])c1cc([N+](=O)[O-])ccc1Cl. The van der Waals surface area contributed by atoms with Gasteiger partial charge in [-0.3, -0.25) is 14.9 Å². The third kappa shape index (κ3) is 4.89. The summed E-state index contributed by atoms with van der Waals surface area (Å²) in [6.45, 7) is 0.263. The molecule has 3 aromatic rings. The van der Waals surface area contributed by atoms with Gasteiger partial charge in [-0.1, -0.05) is 17.7 Å². The summed E-state index contributed by atoms with van der Waals surface area (Å²) in [6.07, 6.45) is 0. The lowest BCUT2D eigenvalue weighted by Gasteiger charge is -2.14. The number of carboxylic acids is 1. The van der Waals surface area contributed by atoms with E-state index in [0.29, 0.717) is 0 Å². The molecule has 0 saturated heterocycles. The average molecular weight is 432 g/mol. The number of hydrogen-bond donors (Lipinski definition) is 1. The van der Waals surface area contributed by atoms with Crippen LogP contribution in [0.4, 0.5) is 11.4 Å². The molecule has 0 bridgehead atoms. The van der Waals surface area contributed by atoms with Gasteiger partial charge in [0.25, 0.3) is 11.6 Å². The van der Waals surface area contributed by atoms with Crippen molar-refractivity contribution in [3.8, 4) is 5.75 Å². The molecule has 0 spiro atoms. The van der Waals surface area contributed by atoms with Crippen molar-refractivity contribution < 1.29 is 24.4 Å². The first-order chi connectivity index (χ1) is 13.8. The first-order valence-corrected chi connectivity index (χ1v) is 9.37. The minimum absolute atomic E-state index is 0.0148. The number of halogens is 1. The van der Waals surface area contributed by atoms with Gasteiger partial charge in [0.2, 0.25) is 0 Å². The lowest BCUT2D eigenvalue weighted by atomic mass is 10.1. The van der Waals surface area contributed by atoms with Crippen LogP contribution in [0.5, 0.6) is 5.75 Å². The number of carbonyl (C=O) groups excluding carboxylic acids is 2. The summed E-state index contributed by atoms with van der Waals surface area (Å²) in [5.74, 6) is -2.04. The molecule has 0 aliphatic heterocycles. The number of hydrogen-bond acceptors (Lipinski definition) is 7. The summed E-state index contributed by atoms with van der Waals surface area (Å²) in [6, 6.07) is 11.2. The van der Waals surface area contributed by atoms with Crippen molar-refractivity contribution in [2.45, 2.75) is 6.61 Å². The molecule has 0 fully saturated rings. The summed E-state index contributed by atoms with van der Waals surface area (Å²) in [7, 11) is 0. The lowest BCUT2D eigenvalue weighted by Crippen LogP contribution is -2.25. The fraction of sp³-hybridized carbons (Fsp3) is 0.0526. The number of carboxylic acid groups (broad SMARTS) is 1. The number of amides is 1. The highest BCUT2D eigenvalue weighted by atomic mass is 35.5. The van der Waals surface area contributed by atoms with Crippen molar-refractivity contribution in [3.63, 3.8) is 0 Å². The molecule has 0 aliphatic carbocycles. The van der Waals surface area contributed by atoms with Crippen molar-refractivity contribution in [1.29, 1.82) is 0 Å². The van der Waals surface area contributed by atoms with E-state index < -0.39 is 16.8 Å². The zero-order valence-electron chi connectivity index (χ0n) is 14.6. The van der Waals surface area contributed by atoms with Gasteiger partial charge in [-0.25, -0.2) is 0 Å². The quantitative estimate of drug-likeness (QED) is 0.451. The fourth-order valence-corrected chi connectivity index (χ4v) is 3.25. The molecule has 0 radical (unpaired) electrons. The third-order valence-electron chi connectivity index (χ3n) is 3.83. The van der Waals surface area contributed by atoms with Crippen LogP contribution in [0.1, 0.15) is 25.6 Å². The number of nitrogens with zero attached hydrogens (tertiary/aromatic N) is 1. The monoisotopic (exact) mass is 431 g/mol. The highest BCUT2D eigenvalue weighted by Crippen LogP contribution is 2.26. The van der Waals surface area contributed by atoms with Gasteiger partial charge < -0.3 is 20.0 Å². The Labute approximate surface area is 173 Å². The predicted octanol–water partition coefficient (Wildman–Crippen LogP) is 3.50. The highest BCUT2D eigenvalue weighted by molar-refractivity contribution is 7.09. The Bertz CT molecular complexity index is 1080. The Hall–Kier alpha value is -3.43. The number of ether oxygens (including phenoxy) is 1.